The SMILES string of the molecule is Nc1nc(Cl)c2ncn(CC3CCC(CO)C3)c2n1. The van der Waals surface area contributed by atoms with E-state index in [9.17, 15) is 5.11 Å². The number of imidazole rings is 1. The van der Waals surface area contributed by atoms with Crippen LogP contribution in [0.3, 0.4) is 0 Å². The molecule has 0 aliphatic heterocycles. The molecule has 19 heavy (non-hydrogen) atoms. The minimum atomic E-state index is 0.166. The van der Waals surface area contributed by atoms with Gasteiger partial charge in [-0.3, -0.25) is 0 Å². The van der Waals surface area contributed by atoms with E-state index in [1.54, 1.807) is 6.33 Å². The summed E-state index contributed by atoms with van der Waals surface area (Å²) in [4.78, 5) is 12.3. The van der Waals surface area contributed by atoms with E-state index < -0.39 is 0 Å². The predicted octanol–water partition coefficient (Wildman–Crippen LogP) is 1.47. The number of aromatic nitrogens is 4. The van der Waals surface area contributed by atoms with Crippen LogP contribution in [0.2, 0.25) is 5.15 Å². The van der Waals surface area contributed by atoms with Gasteiger partial charge in [0.05, 0.1) is 6.33 Å². The molecule has 2 atom stereocenters. The topological polar surface area (TPSA) is 89.8 Å². The molecule has 0 radical (unpaired) electrons. The van der Waals surface area contributed by atoms with Gasteiger partial charge < -0.3 is 15.4 Å². The molecule has 0 aromatic carbocycles. The first-order valence-electron chi connectivity index (χ1n) is 6.42. The summed E-state index contributed by atoms with van der Waals surface area (Å²) in [5.74, 6) is 1.14. The lowest BCUT2D eigenvalue weighted by Gasteiger charge is -2.11. The Morgan fingerprint density at radius 3 is 2.89 bits per heavy atom. The van der Waals surface area contributed by atoms with Gasteiger partial charge in [0.15, 0.2) is 10.8 Å². The van der Waals surface area contributed by atoms with Crippen molar-refractivity contribution >= 4 is 28.7 Å². The van der Waals surface area contributed by atoms with Gasteiger partial charge in [-0.1, -0.05) is 11.6 Å². The zero-order chi connectivity index (χ0) is 13.4. The molecule has 1 aliphatic carbocycles. The summed E-state index contributed by atoms with van der Waals surface area (Å²) in [6.07, 6.45) is 4.99. The Labute approximate surface area is 115 Å². The highest BCUT2D eigenvalue weighted by Gasteiger charge is 2.25. The van der Waals surface area contributed by atoms with Crippen LogP contribution in [0, 0.1) is 11.8 Å². The van der Waals surface area contributed by atoms with Gasteiger partial charge in [-0.05, 0) is 31.1 Å². The van der Waals surface area contributed by atoms with Crippen molar-refractivity contribution in [3.8, 4) is 0 Å². The van der Waals surface area contributed by atoms with Gasteiger partial charge in [0, 0.05) is 13.2 Å². The zero-order valence-corrected chi connectivity index (χ0v) is 11.2. The Morgan fingerprint density at radius 1 is 1.37 bits per heavy atom. The van der Waals surface area contributed by atoms with Crippen LogP contribution in [0.4, 0.5) is 5.95 Å². The maximum atomic E-state index is 9.18. The van der Waals surface area contributed by atoms with Crippen molar-refractivity contribution in [2.45, 2.75) is 25.8 Å². The number of rotatable bonds is 3. The van der Waals surface area contributed by atoms with Gasteiger partial charge in [0.25, 0.3) is 0 Å². The van der Waals surface area contributed by atoms with Crippen LogP contribution in [-0.4, -0.2) is 31.2 Å². The van der Waals surface area contributed by atoms with Crippen LogP contribution in [0.1, 0.15) is 19.3 Å². The molecule has 0 spiro atoms. The average Bonchev–Trinajstić information content (AvgIpc) is 2.97. The molecule has 102 valence electrons. The molecule has 3 rings (SSSR count). The van der Waals surface area contributed by atoms with Crippen molar-refractivity contribution in [1.29, 1.82) is 0 Å². The van der Waals surface area contributed by atoms with E-state index in [0.29, 0.717) is 28.2 Å². The summed E-state index contributed by atoms with van der Waals surface area (Å²) in [5, 5.41) is 9.47. The van der Waals surface area contributed by atoms with E-state index in [-0.39, 0.29) is 12.6 Å². The number of aliphatic hydroxyl groups excluding tert-OH is 1. The molecule has 1 aliphatic rings. The molecule has 1 saturated carbocycles. The Kier molecular flexibility index (Phi) is 3.28. The second-order valence-corrected chi connectivity index (χ2v) is 5.53. The second kappa shape index (κ2) is 4.94. The molecule has 3 N–H and O–H groups in total. The lowest BCUT2D eigenvalue weighted by atomic mass is 10.1. The Balaban J connectivity index is 1.86. The molecule has 0 amide bonds. The van der Waals surface area contributed by atoms with E-state index in [0.717, 1.165) is 25.8 Å². The summed E-state index contributed by atoms with van der Waals surface area (Å²) in [7, 11) is 0. The van der Waals surface area contributed by atoms with Gasteiger partial charge >= 0.3 is 0 Å². The Bertz CT molecular complexity index is 599. The molecule has 1 fully saturated rings. The van der Waals surface area contributed by atoms with Gasteiger partial charge in [-0.25, -0.2) is 4.98 Å². The number of hydrogen-bond acceptors (Lipinski definition) is 5. The van der Waals surface area contributed by atoms with Crippen LogP contribution < -0.4 is 5.73 Å². The smallest absolute Gasteiger partial charge is 0.223 e. The first-order chi connectivity index (χ1) is 9.17. The average molecular weight is 282 g/mol. The van der Waals surface area contributed by atoms with Crippen LogP contribution in [0.5, 0.6) is 0 Å². The number of anilines is 1. The van der Waals surface area contributed by atoms with E-state index >= 15 is 0 Å². The third-order valence-electron chi connectivity index (χ3n) is 3.80. The number of hydrogen-bond donors (Lipinski definition) is 2. The van der Waals surface area contributed by atoms with Crippen LogP contribution in [-0.2, 0) is 6.54 Å². The third kappa shape index (κ3) is 2.37. The molecular weight excluding hydrogens is 266 g/mol. The molecule has 2 heterocycles. The first kappa shape index (κ1) is 12.6. The summed E-state index contributed by atoms with van der Waals surface area (Å²) >= 11 is 6.00. The number of nitrogens with zero attached hydrogens (tertiary/aromatic N) is 4. The number of aliphatic hydroxyl groups is 1. The minimum absolute atomic E-state index is 0.166. The quantitative estimate of drug-likeness (QED) is 0.832. The van der Waals surface area contributed by atoms with E-state index in [2.05, 4.69) is 15.0 Å². The summed E-state index contributed by atoms with van der Waals surface area (Å²) in [6.45, 7) is 1.11. The van der Waals surface area contributed by atoms with Crippen molar-refractivity contribution < 1.29 is 5.11 Å². The lowest BCUT2D eigenvalue weighted by molar-refractivity contribution is 0.225. The van der Waals surface area contributed by atoms with Gasteiger partial charge in [-0.15, -0.1) is 0 Å². The van der Waals surface area contributed by atoms with Crippen LogP contribution in [0.25, 0.3) is 11.2 Å². The number of halogens is 1. The standard InChI is InChI=1S/C12H16ClN5O/c13-10-9-11(17-12(14)16-10)18(6-15-9)4-7-1-2-8(3-7)5-19/h6-8,19H,1-5H2,(H2,14,16,17). The fraction of sp³-hybridized carbons (Fsp3) is 0.583. The summed E-state index contributed by atoms with van der Waals surface area (Å²) < 4.78 is 1.98. The molecule has 6 nitrogen and oxygen atoms in total. The fourth-order valence-electron chi connectivity index (χ4n) is 2.85. The van der Waals surface area contributed by atoms with Gasteiger partial charge in [0.2, 0.25) is 5.95 Å². The van der Waals surface area contributed by atoms with E-state index in [1.165, 1.54) is 0 Å². The van der Waals surface area contributed by atoms with Crippen molar-refractivity contribution in [3.05, 3.63) is 11.5 Å². The van der Waals surface area contributed by atoms with Gasteiger partial charge in [-0.2, -0.15) is 9.97 Å². The molecule has 0 saturated heterocycles. The molecular formula is C12H16ClN5O. The maximum absolute atomic E-state index is 9.18. The highest BCUT2D eigenvalue weighted by Crippen LogP contribution is 2.32. The monoisotopic (exact) mass is 281 g/mol. The number of nitrogen functional groups attached to an aromatic ring is 1. The molecule has 0 bridgehead atoms. The third-order valence-corrected chi connectivity index (χ3v) is 4.07. The van der Waals surface area contributed by atoms with Crippen molar-refractivity contribution in [3.63, 3.8) is 0 Å². The fourth-order valence-corrected chi connectivity index (χ4v) is 3.07. The zero-order valence-electron chi connectivity index (χ0n) is 10.5. The molecule has 2 aromatic heterocycles. The highest BCUT2D eigenvalue weighted by molar-refractivity contribution is 6.33. The van der Waals surface area contributed by atoms with Crippen LogP contribution in [0.15, 0.2) is 6.33 Å². The largest absolute Gasteiger partial charge is 0.396 e. The Morgan fingerprint density at radius 2 is 2.16 bits per heavy atom. The first-order valence-corrected chi connectivity index (χ1v) is 6.80. The van der Waals surface area contributed by atoms with Crippen molar-refractivity contribution in [2.75, 3.05) is 12.3 Å². The van der Waals surface area contributed by atoms with E-state index in [1.807, 2.05) is 4.57 Å². The lowest BCUT2D eigenvalue weighted by Crippen LogP contribution is -2.09. The number of nitrogens with two attached hydrogens (primary N) is 1. The molecule has 2 unspecified atom stereocenters. The molecule has 7 heteroatoms. The second-order valence-electron chi connectivity index (χ2n) is 5.17. The van der Waals surface area contributed by atoms with E-state index in [4.69, 9.17) is 17.3 Å². The van der Waals surface area contributed by atoms with Crippen molar-refractivity contribution in [2.24, 2.45) is 11.8 Å². The molecule has 2 aromatic rings. The van der Waals surface area contributed by atoms with Gasteiger partial charge in [0.1, 0.15) is 5.52 Å². The Hall–Kier alpha value is -1.40. The summed E-state index contributed by atoms with van der Waals surface area (Å²) in [5.41, 5.74) is 6.90. The minimum Gasteiger partial charge on any atom is -0.396 e. The number of fused-ring (bicyclic) bond motifs is 1. The van der Waals surface area contributed by atoms with Crippen molar-refractivity contribution in [1.82, 2.24) is 19.5 Å². The highest BCUT2D eigenvalue weighted by atomic mass is 35.5. The normalized spacial score (nSPS) is 23.3. The predicted molar refractivity (Wildman–Crippen MR) is 72.7 cm³/mol. The maximum Gasteiger partial charge on any atom is 0.223 e. The van der Waals surface area contributed by atoms with Crippen LogP contribution >= 0.6 is 11.6 Å². The summed E-state index contributed by atoms with van der Waals surface area (Å²) in [6, 6.07) is 0.